The van der Waals surface area contributed by atoms with Crippen LogP contribution >= 0.6 is 0 Å². The molecule has 2 aliphatic rings. The first-order chi connectivity index (χ1) is 9.75. The Morgan fingerprint density at radius 3 is 2.80 bits per heavy atom. The van der Waals surface area contributed by atoms with Crippen molar-refractivity contribution >= 4 is 0 Å². The lowest BCUT2D eigenvalue weighted by atomic mass is 9.67. The van der Waals surface area contributed by atoms with E-state index >= 15 is 0 Å². The summed E-state index contributed by atoms with van der Waals surface area (Å²) in [5, 5.41) is 3.47. The Balaban J connectivity index is 1.82. The SMILES string of the molecule is CC1CCCC(C2CCNCC2c2ccccc2F)C1. The molecule has 2 heteroatoms. The third-order valence-corrected chi connectivity index (χ3v) is 5.42. The van der Waals surface area contributed by atoms with Crippen LogP contribution in [-0.4, -0.2) is 13.1 Å². The fourth-order valence-electron chi connectivity index (χ4n) is 4.43. The van der Waals surface area contributed by atoms with Crippen molar-refractivity contribution in [2.75, 3.05) is 13.1 Å². The fraction of sp³-hybridized carbons (Fsp3) is 0.667. The summed E-state index contributed by atoms with van der Waals surface area (Å²) in [6.45, 7) is 4.42. The van der Waals surface area contributed by atoms with Gasteiger partial charge in [0.2, 0.25) is 0 Å². The van der Waals surface area contributed by atoms with Crippen LogP contribution in [0.4, 0.5) is 4.39 Å². The third kappa shape index (κ3) is 2.90. The number of halogens is 1. The van der Waals surface area contributed by atoms with Crippen molar-refractivity contribution in [1.82, 2.24) is 5.32 Å². The van der Waals surface area contributed by atoms with Crippen LogP contribution in [0.25, 0.3) is 0 Å². The van der Waals surface area contributed by atoms with Gasteiger partial charge in [-0.2, -0.15) is 0 Å². The smallest absolute Gasteiger partial charge is 0.126 e. The molecule has 20 heavy (non-hydrogen) atoms. The molecular weight excluding hydrogens is 249 g/mol. The van der Waals surface area contributed by atoms with Gasteiger partial charge < -0.3 is 5.32 Å². The number of hydrogen-bond acceptors (Lipinski definition) is 1. The molecule has 0 bridgehead atoms. The molecule has 1 saturated carbocycles. The lowest BCUT2D eigenvalue weighted by Crippen LogP contribution is -2.40. The van der Waals surface area contributed by atoms with Crippen LogP contribution in [0.2, 0.25) is 0 Å². The van der Waals surface area contributed by atoms with Gasteiger partial charge in [0.25, 0.3) is 0 Å². The van der Waals surface area contributed by atoms with Crippen molar-refractivity contribution in [3.8, 4) is 0 Å². The number of hydrogen-bond donors (Lipinski definition) is 1. The molecular formula is C18H26FN. The molecule has 4 unspecified atom stereocenters. The first-order valence-electron chi connectivity index (χ1n) is 8.21. The molecule has 3 rings (SSSR count). The molecule has 1 aliphatic heterocycles. The molecule has 4 atom stereocenters. The van der Waals surface area contributed by atoms with Gasteiger partial charge in [-0.3, -0.25) is 0 Å². The highest BCUT2D eigenvalue weighted by Gasteiger charge is 2.35. The molecule has 1 N–H and O–H groups in total. The van der Waals surface area contributed by atoms with E-state index in [0.717, 1.165) is 30.5 Å². The minimum Gasteiger partial charge on any atom is -0.316 e. The van der Waals surface area contributed by atoms with Crippen LogP contribution in [0.5, 0.6) is 0 Å². The Kier molecular flexibility index (Phi) is 4.40. The molecule has 2 fully saturated rings. The maximum atomic E-state index is 14.2. The van der Waals surface area contributed by atoms with Crippen molar-refractivity contribution in [1.29, 1.82) is 0 Å². The molecule has 1 aliphatic carbocycles. The lowest BCUT2D eigenvalue weighted by molar-refractivity contribution is 0.151. The van der Waals surface area contributed by atoms with E-state index in [1.807, 2.05) is 12.1 Å². The molecule has 0 spiro atoms. The van der Waals surface area contributed by atoms with Crippen LogP contribution in [0.3, 0.4) is 0 Å². The minimum absolute atomic E-state index is 0.0185. The number of benzene rings is 1. The topological polar surface area (TPSA) is 12.0 Å². The van der Waals surface area contributed by atoms with Gasteiger partial charge in [0.05, 0.1) is 0 Å². The second-order valence-corrected chi connectivity index (χ2v) is 6.82. The predicted octanol–water partition coefficient (Wildman–Crippen LogP) is 4.35. The van der Waals surface area contributed by atoms with Gasteiger partial charge >= 0.3 is 0 Å². The first-order valence-corrected chi connectivity index (χ1v) is 8.21. The predicted molar refractivity (Wildman–Crippen MR) is 81.2 cm³/mol. The van der Waals surface area contributed by atoms with E-state index in [0.29, 0.717) is 11.8 Å². The Bertz CT molecular complexity index is 445. The van der Waals surface area contributed by atoms with Gasteiger partial charge in [-0.05, 0) is 48.8 Å². The number of piperidine rings is 1. The normalized spacial score (nSPS) is 34.9. The van der Waals surface area contributed by atoms with Gasteiger partial charge in [0.15, 0.2) is 0 Å². The van der Waals surface area contributed by atoms with Crippen molar-refractivity contribution in [2.45, 2.75) is 44.9 Å². The number of rotatable bonds is 2. The largest absolute Gasteiger partial charge is 0.316 e. The maximum absolute atomic E-state index is 14.2. The molecule has 1 heterocycles. The average Bonchev–Trinajstić information content (AvgIpc) is 2.48. The van der Waals surface area contributed by atoms with Crippen LogP contribution < -0.4 is 5.32 Å². The molecule has 1 aromatic carbocycles. The second kappa shape index (κ2) is 6.26. The zero-order valence-corrected chi connectivity index (χ0v) is 12.4. The van der Waals surface area contributed by atoms with Crippen molar-refractivity contribution < 1.29 is 4.39 Å². The summed E-state index contributed by atoms with van der Waals surface area (Å²) in [5.41, 5.74) is 0.933. The summed E-state index contributed by atoms with van der Waals surface area (Å²) in [4.78, 5) is 0. The number of nitrogens with one attached hydrogen (secondary N) is 1. The molecule has 1 saturated heterocycles. The Hall–Kier alpha value is -0.890. The zero-order valence-electron chi connectivity index (χ0n) is 12.4. The van der Waals surface area contributed by atoms with Gasteiger partial charge in [-0.15, -0.1) is 0 Å². The zero-order chi connectivity index (χ0) is 13.9. The molecule has 1 aromatic rings. The highest BCUT2D eigenvalue weighted by atomic mass is 19.1. The summed E-state index contributed by atoms with van der Waals surface area (Å²) in [6, 6.07) is 7.39. The van der Waals surface area contributed by atoms with Gasteiger partial charge in [0, 0.05) is 12.5 Å². The van der Waals surface area contributed by atoms with E-state index in [4.69, 9.17) is 0 Å². The quantitative estimate of drug-likeness (QED) is 0.846. The van der Waals surface area contributed by atoms with E-state index in [1.54, 1.807) is 12.1 Å². The monoisotopic (exact) mass is 275 g/mol. The minimum atomic E-state index is -0.0185. The standard InChI is InChI=1S/C18H26FN/c1-13-5-4-6-14(11-13)15-9-10-20-12-17(15)16-7-2-3-8-18(16)19/h2-3,7-8,13-15,17,20H,4-6,9-12H2,1H3. The van der Waals surface area contributed by atoms with Crippen molar-refractivity contribution in [3.05, 3.63) is 35.6 Å². The molecule has 0 amide bonds. The Labute approximate surface area is 122 Å². The average molecular weight is 275 g/mol. The van der Waals surface area contributed by atoms with Gasteiger partial charge in [-0.25, -0.2) is 4.39 Å². The highest BCUT2D eigenvalue weighted by Crippen LogP contribution is 2.43. The molecule has 110 valence electrons. The maximum Gasteiger partial charge on any atom is 0.126 e. The van der Waals surface area contributed by atoms with E-state index in [1.165, 1.54) is 32.1 Å². The van der Waals surface area contributed by atoms with E-state index in [9.17, 15) is 4.39 Å². The van der Waals surface area contributed by atoms with Crippen LogP contribution in [0, 0.1) is 23.6 Å². The molecule has 0 radical (unpaired) electrons. The third-order valence-electron chi connectivity index (χ3n) is 5.42. The van der Waals surface area contributed by atoms with Gasteiger partial charge in [0.1, 0.15) is 5.82 Å². The summed E-state index contributed by atoms with van der Waals surface area (Å²) in [7, 11) is 0. The Morgan fingerprint density at radius 1 is 1.15 bits per heavy atom. The molecule has 0 aromatic heterocycles. The molecule has 1 nitrogen and oxygen atoms in total. The highest BCUT2D eigenvalue weighted by molar-refractivity contribution is 5.24. The van der Waals surface area contributed by atoms with Crippen molar-refractivity contribution in [2.24, 2.45) is 17.8 Å². The second-order valence-electron chi connectivity index (χ2n) is 6.82. The summed E-state index contributed by atoms with van der Waals surface area (Å²) < 4.78 is 14.2. The van der Waals surface area contributed by atoms with E-state index < -0.39 is 0 Å². The lowest BCUT2D eigenvalue weighted by Gasteiger charge is -2.41. The van der Waals surface area contributed by atoms with E-state index in [-0.39, 0.29) is 5.82 Å². The van der Waals surface area contributed by atoms with Crippen LogP contribution in [0.1, 0.15) is 50.5 Å². The first kappa shape index (κ1) is 14.1. The fourth-order valence-corrected chi connectivity index (χ4v) is 4.43. The van der Waals surface area contributed by atoms with E-state index in [2.05, 4.69) is 12.2 Å². The summed E-state index contributed by atoms with van der Waals surface area (Å²) in [6.07, 6.45) is 6.64. The Morgan fingerprint density at radius 2 is 2.00 bits per heavy atom. The van der Waals surface area contributed by atoms with Crippen molar-refractivity contribution in [3.63, 3.8) is 0 Å². The van der Waals surface area contributed by atoms with Gasteiger partial charge in [-0.1, -0.05) is 44.4 Å². The van der Waals surface area contributed by atoms with Crippen LogP contribution in [0.15, 0.2) is 24.3 Å². The summed E-state index contributed by atoms with van der Waals surface area (Å²) >= 11 is 0. The van der Waals surface area contributed by atoms with Crippen LogP contribution in [-0.2, 0) is 0 Å². The summed E-state index contributed by atoms with van der Waals surface area (Å²) in [5.74, 6) is 2.65.